The molecule has 1 unspecified atom stereocenters. The molecule has 0 aliphatic carbocycles. The van der Waals surface area contributed by atoms with Crippen molar-refractivity contribution in [2.45, 2.75) is 13.0 Å². The van der Waals surface area contributed by atoms with Gasteiger partial charge < -0.3 is 24.4 Å². The van der Waals surface area contributed by atoms with Gasteiger partial charge in [0.25, 0.3) is 0 Å². The van der Waals surface area contributed by atoms with Gasteiger partial charge in [0.2, 0.25) is 0 Å². The van der Waals surface area contributed by atoms with Crippen molar-refractivity contribution in [1.82, 2.24) is 9.88 Å². The first kappa shape index (κ1) is 16.2. The van der Waals surface area contributed by atoms with Gasteiger partial charge in [-0.05, 0) is 19.1 Å². The average molecular weight is 331 g/mol. The van der Waals surface area contributed by atoms with Crippen molar-refractivity contribution < 1.29 is 19.4 Å². The second-order valence-corrected chi connectivity index (χ2v) is 5.83. The fraction of sp³-hybridized carbons (Fsp3) is 0.412. The van der Waals surface area contributed by atoms with Gasteiger partial charge >= 0.3 is 6.09 Å². The molecule has 7 nitrogen and oxygen atoms in total. The standard InChI is InChI=1S/C17H21N3O4/c1-11-10-19(6-7-20(11)17(21)22)14-4-5-18-13-9-16(24-3)15(23-2)8-12(13)14/h4-5,8-9,11H,6-7,10H2,1-3H3,(H,21,22). The number of benzene rings is 1. The molecule has 1 fully saturated rings. The van der Waals surface area contributed by atoms with Crippen molar-refractivity contribution in [1.29, 1.82) is 0 Å². The fourth-order valence-corrected chi connectivity index (χ4v) is 3.19. The van der Waals surface area contributed by atoms with Gasteiger partial charge in [0.05, 0.1) is 19.7 Å². The van der Waals surface area contributed by atoms with Gasteiger partial charge in [-0.3, -0.25) is 4.98 Å². The Morgan fingerprint density at radius 2 is 1.96 bits per heavy atom. The van der Waals surface area contributed by atoms with Crippen molar-refractivity contribution in [3.05, 3.63) is 24.4 Å². The molecule has 2 aromatic rings. The molecule has 1 aromatic carbocycles. The Morgan fingerprint density at radius 3 is 2.58 bits per heavy atom. The van der Waals surface area contributed by atoms with E-state index in [9.17, 15) is 9.90 Å². The topological polar surface area (TPSA) is 75.1 Å². The smallest absolute Gasteiger partial charge is 0.407 e. The summed E-state index contributed by atoms with van der Waals surface area (Å²) >= 11 is 0. The minimum Gasteiger partial charge on any atom is -0.493 e. The summed E-state index contributed by atoms with van der Waals surface area (Å²) in [6.07, 6.45) is 0.894. The van der Waals surface area contributed by atoms with Crippen LogP contribution in [-0.2, 0) is 0 Å². The van der Waals surface area contributed by atoms with Crippen molar-refractivity contribution in [3.63, 3.8) is 0 Å². The highest BCUT2D eigenvalue weighted by Crippen LogP contribution is 2.36. The first-order valence-corrected chi connectivity index (χ1v) is 7.80. The van der Waals surface area contributed by atoms with Crippen molar-refractivity contribution in [3.8, 4) is 11.5 Å². The van der Waals surface area contributed by atoms with Crippen LogP contribution in [0.15, 0.2) is 24.4 Å². The zero-order chi connectivity index (χ0) is 17.3. The van der Waals surface area contributed by atoms with Crippen molar-refractivity contribution >= 4 is 22.7 Å². The molecule has 1 aliphatic heterocycles. The van der Waals surface area contributed by atoms with Crippen LogP contribution in [0.1, 0.15) is 6.92 Å². The number of rotatable bonds is 3. The quantitative estimate of drug-likeness (QED) is 0.931. The number of carbonyl (C=O) groups is 1. The second kappa shape index (κ2) is 6.43. The molecule has 0 radical (unpaired) electrons. The third-order valence-corrected chi connectivity index (χ3v) is 4.44. The van der Waals surface area contributed by atoms with Crippen LogP contribution >= 0.6 is 0 Å². The van der Waals surface area contributed by atoms with Crippen LogP contribution in [-0.4, -0.2) is 61.0 Å². The van der Waals surface area contributed by atoms with E-state index >= 15 is 0 Å². The molecular weight excluding hydrogens is 310 g/mol. The summed E-state index contributed by atoms with van der Waals surface area (Å²) in [6.45, 7) is 3.69. The highest BCUT2D eigenvalue weighted by molar-refractivity contribution is 5.94. The Bertz CT molecular complexity index is 765. The second-order valence-electron chi connectivity index (χ2n) is 5.83. The van der Waals surface area contributed by atoms with E-state index in [4.69, 9.17) is 9.47 Å². The summed E-state index contributed by atoms with van der Waals surface area (Å²) in [6, 6.07) is 5.66. The lowest BCUT2D eigenvalue weighted by molar-refractivity contribution is 0.123. The maximum absolute atomic E-state index is 11.2. The Balaban J connectivity index is 1.99. The molecule has 2 heterocycles. The predicted octanol–water partition coefficient (Wildman–Crippen LogP) is 2.44. The Morgan fingerprint density at radius 1 is 1.25 bits per heavy atom. The molecule has 7 heteroatoms. The minimum absolute atomic E-state index is 0.0698. The van der Waals surface area contributed by atoms with Crippen LogP contribution in [0, 0.1) is 0 Å². The number of anilines is 1. The molecule has 1 aliphatic rings. The SMILES string of the molecule is COc1cc2nccc(N3CCN(C(=O)O)C(C)C3)c2cc1OC. The van der Waals surface area contributed by atoms with Gasteiger partial charge in [0.1, 0.15) is 0 Å². The zero-order valence-electron chi connectivity index (χ0n) is 14.0. The summed E-state index contributed by atoms with van der Waals surface area (Å²) in [5.41, 5.74) is 1.84. The number of carboxylic acid groups (broad SMARTS) is 1. The molecule has 1 amide bonds. The third-order valence-electron chi connectivity index (χ3n) is 4.44. The lowest BCUT2D eigenvalue weighted by Gasteiger charge is -2.39. The lowest BCUT2D eigenvalue weighted by Crippen LogP contribution is -2.53. The van der Waals surface area contributed by atoms with Crippen LogP contribution in [0.4, 0.5) is 10.5 Å². The third kappa shape index (κ3) is 2.77. The molecule has 128 valence electrons. The van der Waals surface area contributed by atoms with Gasteiger partial charge in [-0.15, -0.1) is 0 Å². The summed E-state index contributed by atoms with van der Waals surface area (Å²) in [5, 5.41) is 10.2. The minimum atomic E-state index is -0.867. The summed E-state index contributed by atoms with van der Waals surface area (Å²) < 4.78 is 10.7. The van der Waals surface area contributed by atoms with E-state index in [0.29, 0.717) is 31.1 Å². The zero-order valence-corrected chi connectivity index (χ0v) is 14.0. The first-order valence-electron chi connectivity index (χ1n) is 7.80. The van der Waals surface area contributed by atoms with Crippen LogP contribution in [0.25, 0.3) is 10.9 Å². The summed E-state index contributed by atoms with van der Waals surface area (Å²) in [5.74, 6) is 1.29. The monoisotopic (exact) mass is 331 g/mol. The molecular formula is C17H21N3O4. The van der Waals surface area contributed by atoms with E-state index in [0.717, 1.165) is 16.6 Å². The van der Waals surface area contributed by atoms with Crippen LogP contribution in [0.5, 0.6) is 11.5 Å². The Labute approximate surface area is 140 Å². The van der Waals surface area contributed by atoms with E-state index in [-0.39, 0.29) is 6.04 Å². The molecule has 0 bridgehead atoms. The van der Waals surface area contributed by atoms with Crippen LogP contribution < -0.4 is 14.4 Å². The Hall–Kier alpha value is -2.70. The predicted molar refractivity (Wildman–Crippen MR) is 91.3 cm³/mol. The number of amides is 1. The average Bonchev–Trinajstić information content (AvgIpc) is 2.59. The van der Waals surface area contributed by atoms with Crippen LogP contribution in [0.3, 0.4) is 0 Å². The molecule has 1 saturated heterocycles. The number of pyridine rings is 1. The maximum atomic E-state index is 11.2. The number of hydrogen-bond acceptors (Lipinski definition) is 5. The van der Waals surface area contributed by atoms with Crippen LogP contribution in [0.2, 0.25) is 0 Å². The number of aromatic nitrogens is 1. The van der Waals surface area contributed by atoms with Gasteiger partial charge in [-0.25, -0.2) is 4.79 Å². The van der Waals surface area contributed by atoms with Crippen molar-refractivity contribution in [2.75, 3.05) is 38.8 Å². The fourth-order valence-electron chi connectivity index (χ4n) is 3.19. The molecule has 0 spiro atoms. The maximum Gasteiger partial charge on any atom is 0.407 e. The largest absolute Gasteiger partial charge is 0.493 e. The number of methoxy groups -OCH3 is 2. The molecule has 24 heavy (non-hydrogen) atoms. The molecule has 1 aromatic heterocycles. The van der Waals surface area contributed by atoms with E-state index < -0.39 is 6.09 Å². The number of piperazine rings is 1. The normalized spacial score (nSPS) is 17.9. The molecule has 3 rings (SSSR count). The number of ether oxygens (including phenoxy) is 2. The van der Waals surface area contributed by atoms with E-state index in [1.807, 2.05) is 25.1 Å². The number of hydrogen-bond donors (Lipinski definition) is 1. The van der Waals surface area contributed by atoms with Gasteiger partial charge in [-0.2, -0.15) is 0 Å². The van der Waals surface area contributed by atoms with Crippen molar-refractivity contribution in [2.24, 2.45) is 0 Å². The molecule has 1 atom stereocenters. The highest BCUT2D eigenvalue weighted by atomic mass is 16.5. The molecule has 1 N–H and O–H groups in total. The van der Waals surface area contributed by atoms with Gasteiger partial charge in [0, 0.05) is 49.0 Å². The highest BCUT2D eigenvalue weighted by Gasteiger charge is 2.28. The number of fused-ring (bicyclic) bond motifs is 1. The van der Waals surface area contributed by atoms with Gasteiger partial charge in [-0.1, -0.05) is 0 Å². The van der Waals surface area contributed by atoms with Gasteiger partial charge in [0.15, 0.2) is 11.5 Å². The number of nitrogens with zero attached hydrogens (tertiary/aromatic N) is 3. The van der Waals surface area contributed by atoms with E-state index in [1.165, 1.54) is 4.90 Å². The summed E-state index contributed by atoms with van der Waals surface area (Å²) in [4.78, 5) is 19.3. The summed E-state index contributed by atoms with van der Waals surface area (Å²) in [7, 11) is 3.20. The molecule has 0 saturated carbocycles. The lowest BCUT2D eigenvalue weighted by atomic mass is 10.1. The van der Waals surface area contributed by atoms with E-state index in [1.54, 1.807) is 20.4 Å². The van der Waals surface area contributed by atoms with E-state index in [2.05, 4.69) is 9.88 Å². The Kier molecular flexibility index (Phi) is 4.33. The first-order chi connectivity index (χ1) is 11.5.